The number of nitrogens with zero attached hydrogens (tertiary/aromatic N) is 2. The van der Waals surface area contributed by atoms with E-state index in [2.05, 4.69) is 30.1 Å². The predicted octanol–water partition coefficient (Wildman–Crippen LogP) is 3.81. The summed E-state index contributed by atoms with van der Waals surface area (Å²) in [6, 6.07) is 8.30. The minimum atomic E-state index is -0.534. The van der Waals surface area contributed by atoms with Crippen LogP contribution in [0.3, 0.4) is 0 Å². The molecule has 2 aliphatic rings. The third kappa shape index (κ3) is 3.55. The Labute approximate surface area is 158 Å². The number of aliphatic hydroxyl groups is 1. The van der Waals surface area contributed by atoms with Crippen LogP contribution in [-0.2, 0) is 11.2 Å². The Morgan fingerprint density at radius 2 is 2.27 bits per heavy atom. The lowest BCUT2D eigenvalue weighted by atomic mass is 9.71. The van der Waals surface area contributed by atoms with Crippen LogP contribution in [0.25, 0.3) is 10.6 Å². The number of aryl methyl sites for hydroxylation is 1. The van der Waals surface area contributed by atoms with E-state index in [-0.39, 0.29) is 11.8 Å². The Balaban J connectivity index is 1.41. The van der Waals surface area contributed by atoms with E-state index in [9.17, 15) is 9.90 Å². The number of thiazole rings is 1. The molecule has 0 spiro atoms. The summed E-state index contributed by atoms with van der Waals surface area (Å²) < 4.78 is 0. The minimum Gasteiger partial charge on any atom is -0.389 e. The smallest absolute Gasteiger partial charge is 0.228 e. The van der Waals surface area contributed by atoms with E-state index in [1.54, 1.807) is 11.3 Å². The number of fused-ring (bicyclic) bond motifs is 1. The predicted molar refractivity (Wildman–Crippen MR) is 104 cm³/mol. The second-order valence-corrected chi connectivity index (χ2v) is 8.68. The van der Waals surface area contributed by atoms with Gasteiger partial charge in [-0.05, 0) is 32.3 Å². The van der Waals surface area contributed by atoms with E-state index >= 15 is 0 Å². The van der Waals surface area contributed by atoms with E-state index < -0.39 is 5.60 Å². The van der Waals surface area contributed by atoms with Gasteiger partial charge in [-0.1, -0.05) is 36.6 Å². The average Bonchev–Trinajstić information content (AvgIpc) is 3.09. The molecule has 2 atom stereocenters. The fourth-order valence-electron chi connectivity index (χ4n) is 4.36. The maximum absolute atomic E-state index is 12.8. The highest BCUT2D eigenvalue weighted by Crippen LogP contribution is 2.39. The SMILES string of the molecule is Cc1cccc(-c2nc(CC(=O)N3CC[C@@]4(O)CCCC[C@@H]4C3)cs2)c1. The molecule has 0 unspecified atom stereocenters. The van der Waals surface area contributed by atoms with Gasteiger partial charge in [-0.2, -0.15) is 0 Å². The first kappa shape index (κ1) is 17.7. The van der Waals surface area contributed by atoms with Gasteiger partial charge in [-0.15, -0.1) is 11.3 Å². The quantitative estimate of drug-likeness (QED) is 0.894. The van der Waals surface area contributed by atoms with Crippen molar-refractivity contribution in [2.75, 3.05) is 13.1 Å². The number of benzene rings is 1. The molecule has 2 fully saturated rings. The summed E-state index contributed by atoms with van der Waals surface area (Å²) in [6.45, 7) is 3.44. The molecule has 0 bridgehead atoms. The fraction of sp³-hybridized carbons (Fsp3) is 0.524. The van der Waals surface area contributed by atoms with Crippen molar-refractivity contribution in [1.29, 1.82) is 0 Å². The van der Waals surface area contributed by atoms with Gasteiger partial charge in [-0.25, -0.2) is 4.98 Å². The van der Waals surface area contributed by atoms with Gasteiger partial charge in [-0.3, -0.25) is 4.79 Å². The number of aromatic nitrogens is 1. The Bertz CT molecular complexity index is 803. The molecule has 1 aliphatic carbocycles. The zero-order valence-electron chi connectivity index (χ0n) is 15.3. The van der Waals surface area contributed by atoms with Crippen LogP contribution in [-0.4, -0.2) is 39.6 Å². The maximum Gasteiger partial charge on any atom is 0.228 e. The van der Waals surface area contributed by atoms with E-state index in [4.69, 9.17) is 0 Å². The lowest BCUT2D eigenvalue weighted by Gasteiger charge is -2.47. The Kier molecular flexibility index (Phi) is 4.84. The van der Waals surface area contributed by atoms with Crippen molar-refractivity contribution < 1.29 is 9.90 Å². The highest BCUT2D eigenvalue weighted by molar-refractivity contribution is 7.13. The van der Waals surface area contributed by atoms with Gasteiger partial charge >= 0.3 is 0 Å². The number of carbonyl (C=O) groups is 1. The fourth-order valence-corrected chi connectivity index (χ4v) is 5.18. The summed E-state index contributed by atoms with van der Waals surface area (Å²) in [4.78, 5) is 19.4. The molecule has 1 aliphatic heterocycles. The number of amides is 1. The summed E-state index contributed by atoms with van der Waals surface area (Å²) in [5, 5.41) is 13.7. The van der Waals surface area contributed by atoms with Crippen molar-refractivity contribution in [3.8, 4) is 10.6 Å². The van der Waals surface area contributed by atoms with Gasteiger partial charge < -0.3 is 10.0 Å². The highest BCUT2D eigenvalue weighted by atomic mass is 32.1. The number of rotatable bonds is 3. The standard InChI is InChI=1S/C21H26N2O2S/c1-15-5-4-6-16(11-15)20-22-18(14-26-20)12-19(24)23-10-9-21(25)8-3-2-7-17(21)13-23/h4-6,11,14,17,25H,2-3,7-10,12-13H2,1H3/t17-,21+/m1/s1. The number of piperidine rings is 1. The van der Waals surface area contributed by atoms with Gasteiger partial charge in [0.2, 0.25) is 5.91 Å². The van der Waals surface area contributed by atoms with Gasteiger partial charge in [0.1, 0.15) is 5.01 Å². The molecular formula is C21H26N2O2S. The average molecular weight is 371 g/mol. The first-order chi connectivity index (χ1) is 12.5. The lowest BCUT2D eigenvalue weighted by molar-refractivity contribution is -0.142. The first-order valence-corrected chi connectivity index (χ1v) is 10.4. The summed E-state index contributed by atoms with van der Waals surface area (Å²) >= 11 is 1.60. The zero-order chi connectivity index (χ0) is 18.1. The van der Waals surface area contributed by atoms with Crippen molar-refractivity contribution in [3.63, 3.8) is 0 Å². The molecule has 1 aromatic carbocycles. The van der Waals surface area contributed by atoms with Crippen LogP contribution in [0, 0.1) is 12.8 Å². The third-order valence-electron chi connectivity index (χ3n) is 5.93. The largest absolute Gasteiger partial charge is 0.389 e. The Morgan fingerprint density at radius 1 is 1.38 bits per heavy atom. The van der Waals surface area contributed by atoms with Gasteiger partial charge in [0.15, 0.2) is 0 Å². The van der Waals surface area contributed by atoms with E-state index in [0.29, 0.717) is 19.5 Å². The molecule has 0 radical (unpaired) electrons. The van der Waals surface area contributed by atoms with Gasteiger partial charge in [0.25, 0.3) is 0 Å². The molecule has 1 N–H and O–H groups in total. The maximum atomic E-state index is 12.8. The normalized spacial score (nSPS) is 25.8. The van der Waals surface area contributed by atoms with E-state index in [1.807, 2.05) is 16.3 Å². The van der Waals surface area contributed by atoms with Crippen LogP contribution in [0.2, 0.25) is 0 Å². The van der Waals surface area contributed by atoms with Gasteiger partial charge in [0.05, 0.1) is 17.7 Å². The number of hydrogen-bond acceptors (Lipinski definition) is 4. The van der Waals surface area contributed by atoms with E-state index in [1.165, 1.54) is 12.0 Å². The monoisotopic (exact) mass is 370 g/mol. The molecule has 5 heteroatoms. The summed E-state index contributed by atoms with van der Waals surface area (Å²) in [5.74, 6) is 0.381. The summed E-state index contributed by atoms with van der Waals surface area (Å²) in [6.07, 6.45) is 5.28. The number of carbonyl (C=O) groups excluding carboxylic acids is 1. The van der Waals surface area contributed by atoms with E-state index in [0.717, 1.165) is 41.9 Å². The number of likely N-dealkylation sites (tertiary alicyclic amines) is 1. The van der Waals surface area contributed by atoms with Crippen LogP contribution >= 0.6 is 11.3 Å². The lowest BCUT2D eigenvalue weighted by Crippen LogP contribution is -2.54. The molecule has 2 aromatic rings. The van der Waals surface area contributed by atoms with Crippen molar-refractivity contribution in [2.24, 2.45) is 5.92 Å². The minimum absolute atomic E-state index is 0.138. The third-order valence-corrected chi connectivity index (χ3v) is 6.87. The Hall–Kier alpha value is -1.72. The van der Waals surface area contributed by atoms with Crippen LogP contribution in [0.5, 0.6) is 0 Å². The number of hydrogen-bond donors (Lipinski definition) is 1. The molecule has 26 heavy (non-hydrogen) atoms. The Morgan fingerprint density at radius 3 is 3.12 bits per heavy atom. The summed E-state index contributed by atoms with van der Waals surface area (Å²) in [7, 11) is 0. The second kappa shape index (κ2) is 7.12. The molecule has 1 aromatic heterocycles. The van der Waals surface area contributed by atoms with Crippen molar-refractivity contribution >= 4 is 17.2 Å². The van der Waals surface area contributed by atoms with Crippen molar-refractivity contribution in [1.82, 2.24) is 9.88 Å². The molecule has 138 valence electrons. The molecule has 4 nitrogen and oxygen atoms in total. The molecule has 1 saturated carbocycles. The van der Waals surface area contributed by atoms with Crippen molar-refractivity contribution in [2.45, 2.75) is 51.0 Å². The second-order valence-electron chi connectivity index (χ2n) is 7.83. The first-order valence-electron chi connectivity index (χ1n) is 9.55. The molecular weight excluding hydrogens is 344 g/mol. The highest BCUT2D eigenvalue weighted by Gasteiger charge is 2.43. The molecule has 4 rings (SSSR count). The van der Waals surface area contributed by atoms with Crippen LogP contribution in [0.1, 0.15) is 43.4 Å². The van der Waals surface area contributed by atoms with Gasteiger partial charge in [0, 0.05) is 30.0 Å². The van der Waals surface area contributed by atoms with Crippen LogP contribution < -0.4 is 0 Å². The zero-order valence-corrected chi connectivity index (χ0v) is 16.1. The topological polar surface area (TPSA) is 53.4 Å². The molecule has 1 saturated heterocycles. The van der Waals surface area contributed by atoms with Crippen LogP contribution in [0.4, 0.5) is 0 Å². The van der Waals surface area contributed by atoms with Crippen molar-refractivity contribution in [3.05, 3.63) is 40.9 Å². The van der Waals surface area contributed by atoms with Crippen LogP contribution in [0.15, 0.2) is 29.6 Å². The molecule has 2 heterocycles. The molecule has 1 amide bonds. The summed E-state index contributed by atoms with van der Waals surface area (Å²) in [5.41, 5.74) is 2.64.